The zero-order valence-electron chi connectivity index (χ0n) is 19.6. The molecule has 1 unspecified atom stereocenters. The lowest BCUT2D eigenvalue weighted by Crippen LogP contribution is -2.52. The van der Waals surface area contributed by atoms with Crippen LogP contribution in [0.5, 0.6) is 0 Å². The van der Waals surface area contributed by atoms with Gasteiger partial charge in [-0.2, -0.15) is 0 Å². The Morgan fingerprint density at radius 1 is 1.03 bits per heavy atom. The Morgan fingerprint density at radius 3 is 2.52 bits per heavy atom. The molecule has 0 bridgehead atoms. The first kappa shape index (κ1) is 23.1. The molecule has 2 aromatic rings. The summed E-state index contributed by atoms with van der Waals surface area (Å²) in [5, 5.41) is 3.55. The molecule has 0 aromatic heterocycles. The van der Waals surface area contributed by atoms with Crippen LogP contribution in [0.2, 0.25) is 0 Å². The SMILES string of the molecule is CN=C(NCc1cccc(CN2CCCC(C(N)=O)C2)c1)N1CCN(c2ccccc2)CC1. The van der Waals surface area contributed by atoms with Crippen LogP contribution >= 0.6 is 0 Å². The minimum Gasteiger partial charge on any atom is -0.369 e. The van der Waals surface area contributed by atoms with Crippen molar-refractivity contribution in [2.24, 2.45) is 16.6 Å². The lowest BCUT2D eigenvalue weighted by atomic mass is 9.97. The van der Waals surface area contributed by atoms with Crippen LogP contribution in [-0.4, -0.2) is 68.0 Å². The number of amides is 1. The highest BCUT2D eigenvalue weighted by atomic mass is 16.1. The molecule has 2 heterocycles. The molecule has 0 spiro atoms. The number of benzene rings is 2. The van der Waals surface area contributed by atoms with E-state index in [0.29, 0.717) is 0 Å². The highest BCUT2D eigenvalue weighted by Crippen LogP contribution is 2.19. The number of likely N-dealkylation sites (tertiary alicyclic amines) is 1. The van der Waals surface area contributed by atoms with Gasteiger partial charge in [-0.1, -0.05) is 42.5 Å². The van der Waals surface area contributed by atoms with Gasteiger partial charge >= 0.3 is 0 Å². The van der Waals surface area contributed by atoms with E-state index in [9.17, 15) is 4.79 Å². The quantitative estimate of drug-likeness (QED) is 0.524. The standard InChI is InChI=1S/C26H36N6O/c1-28-26(32-15-13-31(14-16-32)24-10-3-2-4-11-24)29-18-21-7-5-8-22(17-21)19-30-12-6-9-23(20-30)25(27)33/h2-5,7-8,10-11,17,23H,6,9,12-16,18-20H2,1H3,(H2,27,33)(H,28,29). The van der Waals surface area contributed by atoms with Crippen molar-refractivity contribution in [2.45, 2.75) is 25.9 Å². The summed E-state index contributed by atoms with van der Waals surface area (Å²) in [5.41, 5.74) is 9.33. The summed E-state index contributed by atoms with van der Waals surface area (Å²) in [6, 6.07) is 19.3. The van der Waals surface area contributed by atoms with E-state index in [-0.39, 0.29) is 11.8 Å². The fraction of sp³-hybridized carbons (Fsp3) is 0.462. The summed E-state index contributed by atoms with van der Waals surface area (Å²) in [7, 11) is 1.85. The number of nitrogens with zero attached hydrogens (tertiary/aromatic N) is 4. The van der Waals surface area contributed by atoms with Crippen molar-refractivity contribution in [3.05, 3.63) is 65.7 Å². The Kier molecular flexibility index (Phi) is 7.83. The second-order valence-corrected chi connectivity index (χ2v) is 9.01. The zero-order chi connectivity index (χ0) is 23.0. The van der Waals surface area contributed by atoms with Crippen LogP contribution in [0.25, 0.3) is 0 Å². The molecule has 4 rings (SSSR count). The number of nitrogens with one attached hydrogen (secondary N) is 1. The number of anilines is 1. The number of piperazine rings is 1. The second-order valence-electron chi connectivity index (χ2n) is 9.01. The molecule has 2 fully saturated rings. The van der Waals surface area contributed by atoms with E-state index in [2.05, 4.69) is 79.6 Å². The molecule has 1 atom stereocenters. The van der Waals surface area contributed by atoms with Gasteiger partial charge in [-0.3, -0.25) is 14.7 Å². The van der Waals surface area contributed by atoms with Crippen molar-refractivity contribution in [1.29, 1.82) is 0 Å². The van der Waals surface area contributed by atoms with E-state index in [1.165, 1.54) is 16.8 Å². The Hall–Kier alpha value is -3.06. The van der Waals surface area contributed by atoms with Crippen molar-refractivity contribution >= 4 is 17.6 Å². The van der Waals surface area contributed by atoms with Crippen molar-refractivity contribution in [2.75, 3.05) is 51.2 Å². The summed E-state index contributed by atoms with van der Waals surface area (Å²) < 4.78 is 0. The number of aliphatic imine (C=N–C) groups is 1. The lowest BCUT2D eigenvalue weighted by Gasteiger charge is -2.37. The van der Waals surface area contributed by atoms with Gasteiger partial charge in [-0.25, -0.2) is 0 Å². The van der Waals surface area contributed by atoms with Crippen molar-refractivity contribution in [1.82, 2.24) is 15.1 Å². The summed E-state index contributed by atoms with van der Waals surface area (Å²) >= 11 is 0. The number of para-hydroxylation sites is 1. The Bertz CT molecular complexity index is 939. The van der Waals surface area contributed by atoms with Crippen LogP contribution in [0.3, 0.4) is 0 Å². The fourth-order valence-electron chi connectivity index (χ4n) is 4.86. The summed E-state index contributed by atoms with van der Waals surface area (Å²) in [6.07, 6.45) is 1.94. The number of carbonyl (C=O) groups excluding carboxylic acids is 1. The largest absolute Gasteiger partial charge is 0.369 e. The first-order valence-electron chi connectivity index (χ1n) is 12.0. The van der Waals surface area contributed by atoms with Crippen LogP contribution in [0.15, 0.2) is 59.6 Å². The second kappa shape index (κ2) is 11.2. The van der Waals surface area contributed by atoms with Gasteiger partial charge in [-0.05, 0) is 42.6 Å². The maximum Gasteiger partial charge on any atom is 0.221 e. The highest BCUT2D eigenvalue weighted by Gasteiger charge is 2.24. The molecular weight excluding hydrogens is 412 g/mol. The third-order valence-corrected chi connectivity index (χ3v) is 6.67. The monoisotopic (exact) mass is 448 g/mol. The van der Waals surface area contributed by atoms with Gasteiger partial charge in [0.2, 0.25) is 5.91 Å². The first-order chi connectivity index (χ1) is 16.1. The van der Waals surface area contributed by atoms with Crippen molar-refractivity contribution in [3.63, 3.8) is 0 Å². The zero-order valence-corrected chi connectivity index (χ0v) is 19.6. The molecule has 2 aliphatic rings. The first-order valence-corrected chi connectivity index (χ1v) is 12.0. The van der Waals surface area contributed by atoms with Crippen LogP contribution in [0.1, 0.15) is 24.0 Å². The smallest absolute Gasteiger partial charge is 0.221 e. The number of hydrogen-bond donors (Lipinski definition) is 2. The molecule has 2 saturated heterocycles. The molecule has 7 heteroatoms. The molecule has 7 nitrogen and oxygen atoms in total. The average molecular weight is 449 g/mol. The normalized spacial score (nSPS) is 20.0. The molecule has 1 amide bonds. The minimum absolute atomic E-state index is 0.0192. The predicted octanol–water partition coefficient (Wildman–Crippen LogP) is 2.28. The van der Waals surface area contributed by atoms with Gasteiger partial charge in [0.05, 0.1) is 5.92 Å². The summed E-state index contributed by atoms with van der Waals surface area (Å²) in [4.78, 5) is 23.2. The maximum atomic E-state index is 11.6. The van der Waals surface area contributed by atoms with E-state index >= 15 is 0 Å². The van der Waals surface area contributed by atoms with Crippen LogP contribution < -0.4 is 16.0 Å². The van der Waals surface area contributed by atoms with Crippen LogP contribution in [-0.2, 0) is 17.9 Å². The molecule has 2 aromatic carbocycles. The van der Waals surface area contributed by atoms with Gasteiger partial charge < -0.3 is 20.9 Å². The molecule has 0 aliphatic carbocycles. The minimum atomic E-state index is -0.173. The number of nitrogens with two attached hydrogens (primary N) is 1. The molecule has 176 valence electrons. The molecule has 33 heavy (non-hydrogen) atoms. The van der Waals surface area contributed by atoms with Gasteiger partial charge in [0, 0.05) is 58.5 Å². The highest BCUT2D eigenvalue weighted by molar-refractivity contribution is 5.80. The molecule has 0 radical (unpaired) electrons. The number of guanidine groups is 1. The number of carbonyl (C=O) groups is 1. The van der Waals surface area contributed by atoms with E-state index in [4.69, 9.17) is 5.73 Å². The maximum absolute atomic E-state index is 11.6. The molecule has 2 aliphatic heterocycles. The average Bonchev–Trinajstić information content (AvgIpc) is 2.86. The number of hydrogen-bond acceptors (Lipinski definition) is 4. The van der Waals surface area contributed by atoms with E-state index in [1.54, 1.807) is 0 Å². The third-order valence-electron chi connectivity index (χ3n) is 6.67. The third kappa shape index (κ3) is 6.26. The Labute approximate surface area is 197 Å². The van der Waals surface area contributed by atoms with Gasteiger partial charge in [0.15, 0.2) is 5.96 Å². The van der Waals surface area contributed by atoms with Crippen molar-refractivity contribution in [3.8, 4) is 0 Å². The molecule has 3 N–H and O–H groups in total. The number of rotatable bonds is 6. The van der Waals surface area contributed by atoms with E-state index in [0.717, 1.165) is 71.2 Å². The number of piperidine rings is 1. The molecular formula is C26H36N6O. The number of primary amides is 1. The van der Waals surface area contributed by atoms with E-state index in [1.807, 2.05) is 7.05 Å². The summed E-state index contributed by atoms with van der Waals surface area (Å²) in [6.45, 7) is 7.25. The van der Waals surface area contributed by atoms with Crippen LogP contribution in [0, 0.1) is 5.92 Å². The van der Waals surface area contributed by atoms with Crippen molar-refractivity contribution < 1.29 is 4.79 Å². The summed E-state index contributed by atoms with van der Waals surface area (Å²) in [5.74, 6) is 0.761. The Morgan fingerprint density at radius 2 is 1.79 bits per heavy atom. The predicted molar refractivity (Wildman–Crippen MR) is 134 cm³/mol. The van der Waals surface area contributed by atoms with Gasteiger partial charge in [-0.15, -0.1) is 0 Å². The Balaban J connectivity index is 1.28. The van der Waals surface area contributed by atoms with Crippen LogP contribution in [0.4, 0.5) is 5.69 Å². The topological polar surface area (TPSA) is 77.2 Å². The van der Waals surface area contributed by atoms with E-state index < -0.39 is 0 Å². The van der Waals surface area contributed by atoms with Gasteiger partial charge in [0.25, 0.3) is 0 Å². The van der Waals surface area contributed by atoms with Gasteiger partial charge in [0.1, 0.15) is 0 Å². The fourth-order valence-corrected chi connectivity index (χ4v) is 4.86. The molecule has 0 saturated carbocycles. The lowest BCUT2D eigenvalue weighted by molar-refractivity contribution is -0.123.